The fourth-order valence-electron chi connectivity index (χ4n) is 3.00. The van der Waals surface area contributed by atoms with Gasteiger partial charge >= 0.3 is 0 Å². The van der Waals surface area contributed by atoms with E-state index in [1.165, 1.54) is 12.3 Å². The number of ketones is 1. The highest BCUT2D eigenvalue weighted by Gasteiger charge is 2.29. The maximum absolute atomic E-state index is 13.2. The lowest BCUT2D eigenvalue weighted by atomic mass is 10.0. The van der Waals surface area contributed by atoms with Crippen molar-refractivity contribution in [2.24, 2.45) is 5.92 Å². The van der Waals surface area contributed by atoms with Crippen molar-refractivity contribution in [1.82, 2.24) is 9.71 Å². The number of carbonyl (C=O) groups is 1. The van der Waals surface area contributed by atoms with Crippen LogP contribution < -0.4 is 4.72 Å². The standard InChI is InChI=1S/C18H18ClFN2O5S2/c19-15-8-14(2-3-16(15)20)29(26,27)22-10-13-1-4-17(21-9-13)18(23)7-12-5-6-28(24,25)11-12/h1-4,8-9,12,22H,5-7,10-11H2. The van der Waals surface area contributed by atoms with Crippen molar-refractivity contribution < 1.29 is 26.0 Å². The van der Waals surface area contributed by atoms with Crippen molar-refractivity contribution >= 4 is 37.2 Å². The summed E-state index contributed by atoms with van der Waals surface area (Å²) >= 11 is 5.62. The van der Waals surface area contributed by atoms with E-state index in [2.05, 4.69) is 9.71 Å². The largest absolute Gasteiger partial charge is 0.292 e. The number of aromatic nitrogens is 1. The summed E-state index contributed by atoms with van der Waals surface area (Å²) in [6.45, 7) is -0.0837. The molecule has 0 spiro atoms. The highest BCUT2D eigenvalue weighted by Crippen LogP contribution is 2.23. The zero-order valence-electron chi connectivity index (χ0n) is 15.1. The van der Waals surface area contributed by atoms with E-state index in [9.17, 15) is 26.0 Å². The first-order valence-electron chi connectivity index (χ1n) is 8.69. The number of rotatable bonds is 7. The maximum Gasteiger partial charge on any atom is 0.240 e. The normalized spacial score (nSPS) is 18.6. The molecule has 1 N–H and O–H groups in total. The third-order valence-electron chi connectivity index (χ3n) is 4.58. The van der Waals surface area contributed by atoms with Gasteiger partial charge < -0.3 is 0 Å². The van der Waals surface area contributed by atoms with Crippen molar-refractivity contribution in [3.63, 3.8) is 0 Å². The van der Waals surface area contributed by atoms with Gasteiger partial charge in [0.2, 0.25) is 10.0 Å². The van der Waals surface area contributed by atoms with Crippen LogP contribution in [-0.2, 0) is 26.4 Å². The molecule has 2 aromatic rings. The van der Waals surface area contributed by atoms with Gasteiger partial charge in [0.15, 0.2) is 15.6 Å². The molecule has 0 aliphatic carbocycles. The molecule has 7 nitrogen and oxygen atoms in total. The molecule has 1 fully saturated rings. The minimum absolute atomic E-state index is 0.0198. The van der Waals surface area contributed by atoms with Crippen LogP contribution in [-0.4, -0.2) is 39.1 Å². The molecule has 11 heteroatoms. The van der Waals surface area contributed by atoms with Crippen LogP contribution in [0.1, 0.15) is 28.9 Å². The van der Waals surface area contributed by atoms with Crippen LogP contribution in [0.5, 0.6) is 0 Å². The molecule has 2 heterocycles. The van der Waals surface area contributed by atoms with Crippen molar-refractivity contribution in [2.75, 3.05) is 11.5 Å². The number of hydrogen-bond acceptors (Lipinski definition) is 6. The monoisotopic (exact) mass is 460 g/mol. The topological polar surface area (TPSA) is 110 Å². The average Bonchev–Trinajstić information content (AvgIpc) is 3.01. The fraction of sp³-hybridized carbons (Fsp3) is 0.333. The van der Waals surface area contributed by atoms with Crippen LogP contribution in [0, 0.1) is 11.7 Å². The quantitative estimate of drug-likeness (QED) is 0.635. The smallest absolute Gasteiger partial charge is 0.240 e. The molecule has 3 rings (SSSR count). The second-order valence-electron chi connectivity index (χ2n) is 6.85. The fourth-order valence-corrected chi connectivity index (χ4v) is 6.15. The predicted octanol–water partition coefficient (Wildman–Crippen LogP) is 2.36. The Bertz CT molecular complexity index is 1140. The van der Waals surface area contributed by atoms with Crippen LogP contribution in [0.2, 0.25) is 5.02 Å². The number of halogens is 2. The number of hydrogen-bond donors (Lipinski definition) is 1. The van der Waals surface area contributed by atoms with Crippen LogP contribution in [0.3, 0.4) is 0 Å². The molecule has 1 aromatic heterocycles. The Morgan fingerprint density at radius 2 is 2.03 bits per heavy atom. The first-order chi connectivity index (χ1) is 13.6. The Morgan fingerprint density at radius 3 is 2.62 bits per heavy atom. The molecule has 1 aliphatic heterocycles. The lowest BCUT2D eigenvalue weighted by molar-refractivity contribution is 0.0961. The van der Waals surface area contributed by atoms with E-state index in [0.29, 0.717) is 12.0 Å². The number of Topliss-reactive ketones (excluding diaryl/α,β-unsaturated/α-hetero) is 1. The average molecular weight is 461 g/mol. The second kappa shape index (κ2) is 8.47. The molecule has 0 saturated carbocycles. The van der Waals surface area contributed by atoms with E-state index < -0.39 is 25.7 Å². The van der Waals surface area contributed by atoms with E-state index in [1.54, 1.807) is 6.07 Å². The number of nitrogens with one attached hydrogen (secondary N) is 1. The van der Waals surface area contributed by atoms with Crippen molar-refractivity contribution in [3.05, 3.63) is 58.6 Å². The van der Waals surface area contributed by atoms with Gasteiger partial charge in [-0.25, -0.2) is 25.9 Å². The molecule has 1 aliphatic rings. The highest BCUT2D eigenvalue weighted by atomic mass is 35.5. The number of benzene rings is 1. The summed E-state index contributed by atoms with van der Waals surface area (Å²) in [5.41, 5.74) is 0.716. The Kier molecular flexibility index (Phi) is 6.37. The molecule has 0 radical (unpaired) electrons. The number of carbonyl (C=O) groups excluding carboxylic acids is 1. The molecule has 1 atom stereocenters. The molecular formula is C18H18ClFN2O5S2. The van der Waals surface area contributed by atoms with Gasteiger partial charge in [0.1, 0.15) is 11.5 Å². The molecule has 0 amide bonds. The van der Waals surface area contributed by atoms with Crippen LogP contribution in [0.15, 0.2) is 41.4 Å². The van der Waals surface area contributed by atoms with Gasteiger partial charge in [-0.2, -0.15) is 0 Å². The molecule has 0 bridgehead atoms. The summed E-state index contributed by atoms with van der Waals surface area (Å²) in [4.78, 5) is 16.2. The summed E-state index contributed by atoms with van der Waals surface area (Å²) in [5.74, 6) is -1.03. The summed E-state index contributed by atoms with van der Waals surface area (Å²) in [5, 5.41) is -0.299. The van der Waals surface area contributed by atoms with E-state index in [1.807, 2.05) is 0 Å². The Labute approximate surface area is 173 Å². The zero-order chi connectivity index (χ0) is 21.2. The van der Waals surface area contributed by atoms with Gasteiger partial charge in [-0.1, -0.05) is 17.7 Å². The van der Waals surface area contributed by atoms with Crippen molar-refractivity contribution in [1.29, 1.82) is 0 Å². The number of pyridine rings is 1. The molecular weight excluding hydrogens is 443 g/mol. The van der Waals surface area contributed by atoms with E-state index in [-0.39, 0.29) is 51.8 Å². The molecule has 29 heavy (non-hydrogen) atoms. The third kappa shape index (κ3) is 5.59. The summed E-state index contributed by atoms with van der Waals surface area (Å²) in [6, 6.07) is 6.12. The van der Waals surface area contributed by atoms with E-state index in [0.717, 1.165) is 18.2 Å². The highest BCUT2D eigenvalue weighted by molar-refractivity contribution is 7.91. The predicted molar refractivity (Wildman–Crippen MR) is 105 cm³/mol. The second-order valence-corrected chi connectivity index (χ2v) is 11.3. The Balaban J connectivity index is 1.60. The first-order valence-corrected chi connectivity index (χ1v) is 12.4. The van der Waals surface area contributed by atoms with Gasteiger partial charge in [0.25, 0.3) is 0 Å². The number of sulfonamides is 1. The summed E-state index contributed by atoms with van der Waals surface area (Å²) in [6.07, 6.45) is 1.96. The lowest BCUT2D eigenvalue weighted by Gasteiger charge is -2.09. The summed E-state index contributed by atoms with van der Waals surface area (Å²) < 4.78 is 63.1. The minimum atomic E-state index is -3.90. The molecule has 1 aromatic carbocycles. The van der Waals surface area contributed by atoms with Gasteiger partial charge in [-0.3, -0.25) is 9.78 Å². The molecule has 1 unspecified atom stereocenters. The van der Waals surface area contributed by atoms with Gasteiger partial charge in [0, 0.05) is 19.2 Å². The van der Waals surface area contributed by atoms with Crippen LogP contribution in [0.25, 0.3) is 0 Å². The Hall–Kier alpha value is -1.88. The molecule has 1 saturated heterocycles. The van der Waals surface area contributed by atoms with E-state index >= 15 is 0 Å². The van der Waals surface area contributed by atoms with Gasteiger partial charge in [0.05, 0.1) is 21.4 Å². The van der Waals surface area contributed by atoms with Crippen LogP contribution >= 0.6 is 11.6 Å². The van der Waals surface area contributed by atoms with Crippen LogP contribution in [0.4, 0.5) is 4.39 Å². The Morgan fingerprint density at radius 1 is 1.28 bits per heavy atom. The van der Waals surface area contributed by atoms with Crippen molar-refractivity contribution in [2.45, 2.75) is 24.3 Å². The third-order valence-corrected chi connectivity index (χ3v) is 8.10. The minimum Gasteiger partial charge on any atom is -0.292 e. The first kappa shape index (κ1) is 21.8. The van der Waals surface area contributed by atoms with E-state index in [4.69, 9.17) is 11.6 Å². The SMILES string of the molecule is O=C(CC1CCS(=O)(=O)C1)c1ccc(CNS(=O)(=O)c2ccc(F)c(Cl)c2)cn1. The van der Waals surface area contributed by atoms with Gasteiger partial charge in [-0.15, -0.1) is 0 Å². The number of sulfone groups is 1. The zero-order valence-corrected chi connectivity index (χ0v) is 17.5. The maximum atomic E-state index is 13.2. The summed E-state index contributed by atoms with van der Waals surface area (Å²) in [7, 11) is -6.95. The number of nitrogens with zero attached hydrogens (tertiary/aromatic N) is 1. The molecule has 156 valence electrons. The van der Waals surface area contributed by atoms with Gasteiger partial charge in [-0.05, 0) is 42.2 Å². The van der Waals surface area contributed by atoms with Crippen molar-refractivity contribution in [3.8, 4) is 0 Å². The lowest BCUT2D eigenvalue weighted by Crippen LogP contribution is -2.23.